The molecule has 0 saturated carbocycles. The molecule has 3 heterocycles. The van der Waals surface area contributed by atoms with Gasteiger partial charge in [-0.05, 0) is 38.4 Å². The Balaban J connectivity index is 0.00000132. The summed E-state index contributed by atoms with van der Waals surface area (Å²) in [5, 5.41) is 9.18. The summed E-state index contributed by atoms with van der Waals surface area (Å²) in [5.41, 5.74) is 1.97. The number of nitrogens with one attached hydrogen (secondary N) is 2. The molecule has 2 atom stereocenters. The second kappa shape index (κ2) is 9.17. The topological polar surface area (TPSA) is 66.9 Å². The van der Waals surface area contributed by atoms with Crippen molar-refractivity contribution < 1.29 is 4.79 Å². The lowest BCUT2D eigenvalue weighted by molar-refractivity contribution is -0.123. The quantitative estimate of drug-likeness (QED) is 0.862. The van der Waals surface area contributed by atoms with Crippen LogP contribution < -0.4 is 10.6 Å². The van der Waals surface area contributed by atoms with Gasteiger partial charge in [0, 0.05) is 23.3 Å². The summed E-state index contributed by atoms with van der Waals surface area (Å²) < 4.78 is 0. The van der Waals surface area contributed by atoms with Crippen LogP contribution in [0, 0.1) is 0 Å². The van der Waals surface area contributed by atoms with Crippen LogP contribution in [0.4, 0.5) is 0 Å². The zero-order chi connectivity index (χ0) is 14.7. The van der Waals surface area contributed by atoms with Gasteiger partial charge >= 0.3 is 0 Å². The smallest absolute Gasteiger partial charge is 0.237 e. The van der Waals surface area contributed by atoms with Crippen LogP contribution in [0.5, 0.6) is 0 Å². The van der Waals surface area contributed by atoms with E-state index >= 15 is 0 Å². The number of hydrogen-bond acceptors (Lipinski definition) is 5. The molecule has 8 heteroatoms. The normalized spacial score (nSPS) is 17.7. The number of thiazole rings is 1. The highest BCUT2D eigenvalue weighted by Crippen LogP contribution is 2.25. The second-order valence-electron chi connectivity index (χ2n) is 5.19. The van der Waals surface area contributed by atoms with E-state index in [0.29, 0.717) is 0 Å². The fourth-order valence-electron chi connectivity index (χ4n) is 2.43. The largest absolute Gasteiger partial charge is 0.346 e. The molecule has 2 unspecified atom stereocenters. The third-order valence-corrected chi connectivity index (χ3v) is 4.63. The van der Waals surface area contributed by atoms with Crippen LogP contribution in [0.25, 0.3) is 11.3 Å². The molecule has 1 saturated heterocycles. The molecule has 5 nitrogen and oxygen atoms in total. The van der Waals surface area contributed by atoms with E-state index in [1.165, 1.54) is 0 Å². The lowest BCUT2D eigenvalue weighted by atomic mass is 10.2. The van der Waals surface area contributed by atoms with Gasteiger partial charge < -0.3 is 10.6 Å². The number of amides is 1. The molecule has 2 aromatic rings. The van der Waals surface area contributed by atoms with E-state index in [0.717, 1.165) is 35.7 Å². The summed E-state index contributed by atoms with van der Waals surface area (Å²) in [6, 6.07) is 3.75. The predicted octanol–water partition coefficient (Wildman–Crippen LogP) is 2.98. The molecule has 0 aliphatic carbocycles. The van der Waals surface area contributed by atoms with E-state index in [2.05, 4.69) is 20.6 Å². The minimum absolute atomic E-state index is 0. The van der Waals surface area contributed by atoms with Gasteiger partial charge in [-0.2, -0.15) is 0 Å². The van der Waals surface area contributed by atoms with Crippen LogP contribution in [-0.2, 0) is 4.79 Å². The van der Waals surface area contributed by atoms with Crippen LogP contribution in [0.2, 0.25) is 0 Å². The van der Waals surface area contributed by atoms with Crippen LogP contribution in [0.3, 0.4) is 0 Å². The molecule has 0 spiro atoms. The molecule has 0 radical (unpaired) electrons. The third-order valence-electron chi connectivity index (χ3n) is 3.60. The highest BCUT2D eigenvalue weighted by atomic mass is 35.5. The first-order chi connectivity index (χ1) is 10.2. The minimum atomic E-state index is -0.0690. The van der Waals surface area contributed by atoms with E-state index in [4.69, 9.17) is 0 Å². The molecular weight excluding hydrogens is 355 g/mol. The predicted molar refractivity (Wildman–Crippen MR) is 97.4 cm³/mol. The summed E-state index contributed by atoms with van der Waals surface area (Å²) in [4.78, 5) is 20.7. The van der Waals surface area contributed by atoms with Crippen LogP contribution >= 0.6 is 36.2 Å². The van der Waals surface area contributed by atoms with Gasteiger partial charge in [-0.15, -0.1) is 36.2 Å². The number of rotatable bonds is 4. The van der Waals surface area contributed by atoms with Gasteiger partial charge in [0.1, 0.15) is 5.01 Å². The van der Waals surface area contributed by atoms with E-state index < -0.39 is 0 Å². The number of pyridine rings is 1. The Hall–Kier alpha value is -1.21. The van der Waals surface area contributed by atoms with Crippen molar-refractivity contribution in [2.75, 3.05) is 6.54 Å². The molecule has 3 rings (SSSR count). The molecular formula is C15H20Cl2N4OS. The average molecular weight is 375 g/mol. The Bertz CT molecular complexity index is 617. The molecule has 0 bridgehead atoms. The average Bonchev–Trinajstić information content (AvgIpc) is 3.20. The number of nitrogens with zero attached hydrogens (tertiary/aromatic N) is 2. The second-order valence-corrected chi connectivity index (χ2v) is 6.08. The van der Waals surface area contributed by atoms with E-state index in [9.17, 15) is 4.79 Å². The van der Waals surface area contributed by atoms with Crippen LogP contribution in [0.15, 0.2) is 29.9 Å². The molecule has 1 aliphatic heterocycles. The van der Waals surface area contributed by atoms with Gasteiger partial charge in [0.2, 0.25) is 5.91 Å². The van der Waals surface area contributed by atoms with Gasteiger partial charge in [0.15, 0.2) is 0 Å². The summed E-state index contributed by atoms with van der Waals surface area (Å²) >= 11 is 1.57. The maximum Gasteiger partial charge on any atom is 0.237 e. The first kappa shape index (κ1) is 19.8. The minimum Gasteiger partial charge on any atom is -0.346 e. The fraction of sp³-hybridized carbons (Fsp3) is 0.400. The van der Waals surface area contributed by atoms with Crippen molar-refractivity contribution in [3.63, 3.8) is 0 Å². The Morgan fingerprint density at radius 2 is 2.13 bits per heavy atom. The van der Waals surface area contributed by atoms with E-state index in [1.54, 1.807) is 23.7 Å². The van der Waals surface area contributed by atoms with Crippen molar-refractivity contribution in [3.8, 4) is 11.3 Å². The molecule has 1 fully saturated rings. The lowest BCUT2D eigenvalue weighted by Gasteiger charge is -2.15. The highest BCUT2D eigenvalue weighted by Gasteiger charge is 2.24. The molecule has 2 N–H and O–H groups in total. The third kappa shape index (κ3) is 4.88. The van der Waals surface area contributed by atoms with Gasteiger partial charge in [-0.25, -0.2) is 4.98 Å². The molecule has 1 amide bonds. The highest BCUT2D eigenvalue weighted by molar-refractivity contribution is 7.10. The fourth-order valence-corrected chi connectivity index (χ4v) is 3.26. The van der Waals surface area contributed by atoms with Crippen LogP contribution in [0.1, 0.15) is 30.8 Å². The monoisotopic (exact) mass is 374 g/mol. The molecule has 2 aromatic heterocycles. The molecule has 1 aliphatic rings. The van der Waals surface area contributed by atoms with E-state index in [1.807, 2.05) is 24.4 Å². The number of aromatic nitrogens is 2. The molecule has 23 heavy (non-hydrogen) atoms. The standard InChI is InChI=1S/C15H18N4OS.2ClH/c1-10(18-14(20)12-3-2-6-17-12)15-19-13(9-21-15)11-4-7-16-8-5-11;;/h4-5,7-10,12,17H,2-3,6H2,1H3,(H,18,20);2*1H. The van der Waals surface area contributed by atoms with Crippen molar-refractivity contribution in [2.45, 2.75) is 31.8 Å². The van der Waals surface area contributed by atoms with Crippen molar-refractivity contribution in [1.82, 2.24) is 20.6 Å². The first-order valence-corrected chi connectivity index (χ1v) is 8.01. The zero-order valence-corrected chi connectivity index (χ0v) is 15.1. The molecule has 0 aromatic carbocycles. The SMILES string of the molecule is CC(NC(=O)C1CCCN1)c1nc(-c2ccncc2)cs1.Cl.Cl. The summed E-state index contributed by atoms with van der Waals surface area (Å²) in [6.45, 7) is 2.90. The maximum absolute atomic E-state index is 12.1. The van der Waals surface area contributed by atoms with Crippen molar-refractivity contribution in [3.05, 3.63) is 34.9 Å². The van der Waals surface area contributed by atoms with Crippen molar-refractivity contribution in [1.29, 1.82) is 0 Å². The summed E-state index contributed by atoms with van der Waals surface area (Å²) in [6.07, 6.45) is 5.49. The Morgan fingerprint density at radius 3 is 2.78 bits per heavy atom. The van der Waals surface area contributed by atoms with Gasteiger partial charge in [-0.3, -0.25) is 9.78 Å². The first-order valence-electron chi connectivity index (χ1n) is 7.13. The van der Waals surface area contributed by atoms with Gasteiger partial charge in [-0.1, -0.05) is 0 Å². The Morgan fingerprint density at radius 1 is 1.39 bits per heavy atom. The lowest BCUT2D eigenvalue weighted by Crippen LogP contribution is -2.41. The summed E-state index contributed by atoms with van der Waals surface area (Å²) in [5.74, 6) is 0.0701. The molecule has 126 valence electrons. The van der Waals surface area contributed by atoms with Crippen molar-refractivity contribution >= 4 is 42.1 Å². The number of carbonyl (C=O) groups is 1. The Kier molecular flexibility index (Phi) is 7.91. The van der Waals surface area contributed by atoms with Gasteiger partial charge in [0.25, 0.3) is 0 Å². The summed E-state index contributed by atoms with van der Waals surface area (Å²) in [7, 11) is 0. The maximum atomic E-state index is 12.1. The van der Waals surface area contributed by atoms with E-state index in [-0.39, 0.29) is 42.8 Å². The van der Waals surface area contributed by atoms with Crippen LogP contribution in [-0.4, -0.2) is 28.5 Å². The zero-order valence-electron chi connectivity index (χ0n) is 12.7. The number of halogens is 2. The Labute approximate surface area is 152 Å². The van der Waals surface area contributed by atoms with Gasteiger partial charge in [0.05, 0.1) is 17.8 Å². The number of hydrogen-bond donors (Lipinski definition) is 2. The van der Waals surface area contributed by atoms with Crippen molar-refractivity contribution in [2.24, 2.45) is 0 Å². The number of carbonyl (C=O) groups excluding carboxylic acids is 1.